The Morgan fingerprint density at radius 2 is 2.00 bits per heavy atom. The normalized spacial score (nSPS) is 21.2. The van der Waals surface area contributed by atoms with Crippen LogP contribution in [0.5, 0.6) is 0 Å². The zero-order valence-corrected chi connectivity index (χ0v) is 14.0. The average molecular weight is 324 g/mol. The van der Waals surface area contributed by atoms with E-state index in [4.69, 9.17) is 0 Å². The summed E-state index contributed by atoms with van der Waals surface area (Å²) < 4.78 is 0. The van der Waals surface area contributed by atoms with Crippen molar-refractivity contribution in [2.24, 2.45) is 5.92 Å². The SMILES string of the molecule is C[C@H]1CN(Cc2ccccn2)CC[C@@H]1NC(=O)Nc1ccccc1. The molecule has 0 spiro atoms. The minimum absolute atomic E-state index is 0.128. The van der Waals surface area contributed by atoms with Gasteiger partial charge in [-0.1, -0.05) is 31.2 Å². The lowest BCUT2D eigenvalue weighted by Gasteiger charge is -2.37. The van der Waals surface area contributed by atoms with Crippen molar-refractivity contribution in [3.8, 4) is 0 Å². The Hall–Kier alpha value is -2.40. The number of amides is 2. The molecule has 2 atom stereocenters. The number of anilines is 1. The van der Waals surface area contributed by atoms with E-state index >= 15 is 0 Å². The number of hydrogen-bond donors (Lipinski definition) is 2. The molecule has 24 heavy (non-hydrogen) atoms. The largest absolute Gasteiger partial charge is 0.335 e. The van der Waals surface area contributed by atoms with Crippen LogP contribution in [0.2, 0.25) is 0 Å². The number of carbonyl (C=O) groups excluding carboxylic acids is 1. The highest BCUT2D eigenvalue weighted by Gasteiger charge is 2.27. The summed E-state index contributed by atoms with van der Waals surface area (Å²) in [6, 6.07) is 15.6. The summed E-state index contributed by atoms with van der Waals surface area (Å²) in [6.45, 7) is 5.00. The lowest BCUT2D eigenvalue weighted by atomic mass is 9.94. The van der Waals surface area contributed by atoms with Gasteiger partial charge in [-0.2, -0.15) is 0 Å². The first kappa shape index (κ1) is 16.5. The second-order valence-corrected chi connectivity index (χ2v) is 6.39. The van der Waals surface area contributed by atoms with Gasteiger partial charge in [-0.15, -0.1) is 0 Å². The van der Waals surface area contributed by atoms with Gasteiger partial charge in [-0.3, -0.25) is 9.88 Å². The summed E-state index contributed by atoms with van der Waals surface area (Å²) in [4.78, 5) is 18.9. The topological polar surface area (TPSA) is 57.3 Å². The molecular formula is C19H24N4O. The number of carbonyl (C=O) groups is 1. The molecule has 1 aromatic carbocycles. The van der Waals surface area contributed by atoms with Crippen LogP contribution in [-0.2, 0) is 6.54 Å². The average Bonchev–Trinajstić information content (AvgIpc) is 2.59. The van der Waals surface area contributed by atoms with Gasteiger partial charge in [0.05, 0.1) is 5.69 Å². The number of nitrogens with one attached hydrogen (secondary N) is 2. The van der Waals surface area contributed by atoms with Crippen LogP contribution in [0, 0.1) is 5.92 Å². The Kier molecular flexibility index (Phi) is 5.43. The van der Waals surface area contributed by atoms with Crippen LogP contribution < -0.4 is 10.6 Å². The van der Waals surface area contributed by atoms with Gasteiger partial charge in [0, 0.05) is 37.6 Å². The molecule has 0 saturated carbocycles. The molecule has 1 aliphatic heterocycles. The number of rotatable bonds is 4. The fourth-order valence-electron chi connectivity index (χ4n) is 3.17. The zero-order chi connectivity index (χ0) is 16.8. The van der Waals surface area contributed by atoms with E-state index in [1.807, 2.05) is 48.7 Å². The molecule has 0 radical (unpaired) electrons. The van der Waals surface area contributed by atoms with Crippen LogP contribution >= 0.6 is 0 Å². The number of pyridine rings is 1. The quantitative estimate of drug-likeness (QED) is 0.908. The second kappa shape index (κ2) is 7.93. The molecule has 3 rings (SSSR count). The van der Waals surface area contributed by atoms with Crippen molar-refractivity contribution in [3.63, 3.8) is 0 Å². The summed E-state index contributed by atoms with van der Waals surface area (Å²) in [5, 5.41) is 6.00. The number of para-hydroxylation sites is 1. The molecule has 5 heteroatoms. The lowest BCUT2D eigenvalue weighted by molar-refractivity contribution is 0.142. The number of benzene rings is 1. The van der Waals surface area contributed by atoms with Crippen molar-refractivity contribution >= 4 is 11.7 Å². The highest BCUT2D eigenvalue weighted by Crippen LogP contribution is 2.18. The van der Waals surface area contributed by atoms with E-state index < -0.39 is 0 Å². The molecule has 1 fully saturated rings. The van der Waals surface area contributed by atoms with E-state index in [1.54, 1.807) is 0 Å². The number of aromatic nitrogens is 1. The van der Waals surface area contributed by atoms with Gasteiger partial charge in [-0.05, 0) is 36.6 Å². The molecule has 2 N–H and O–H groups in total. The first-order chi connectivity index (χ1) is 11.7. The molecule has 126 valence electrons. The van der Waals surface area contributed by atoms with Gasteiger partial charge in [0.1, 0.15) is 0 Å². The van der Waals surface area contributed by atoms with Crippen LogP contribution in [0.25, 0.3) is 0 Å². The zero-order valence-electron chi connectivity index (χ0n) is 14.0. The minimum atomic E-state index is -0.128. The first-order valence-corrected chi connectivity index (χ1v) is 8.45. The Labute approximate surface area is 143 Å². The first-order valence-electron chi connectivity index (χ1n) is 8.45. The molecule has 1 aliphatic rings. The van der Waals surface area contributed by atoms with Gasteiger partial charge in [0.25, 0.3) is 0 Å². The van der Waals surface area contributed by atoms with Crippen LogP contribution in [0.3, 0.4) is 0 Å². The number of piperidine rings is 1. The van der Waals surface area contributed by atoms with Crippen molar-refractivity contribution < 1.29 is 4.79 Å². The Bertz CT molecular complexity index is 647. The van der Waals surface area contributed by atoms with E-state index in [9.17, 15) is 4.79 Å². The number of urea groups is 1. The Morgan fingerprint density at radius 3 is 2.71 bits per heavy atom. The standard InChI is InChI=1S/C19H24N4O/c1-15-13-23(14-17-9-5-6-11-20-17)12-10-18(15)22-19(24)21-16-7-3-2-4-8-16/h2-9,11,15,18H,10,12-14H2,1H3,(H2,21,22,24)/t15-,18-/m0/s1. The molecule has 1 saturated heterocycles. The monoisotopic (exact) mass is 324 g/mol. The van der Waals surface area contributed by atoms with Gasteiger partial charge < -0.3 is 10.6 Å². The number of likely N-dealkylation sites (tertiary alicyclic amines) is 1. The van der Waals surface area contributed by atoms with Crippen LogP contribution in [0.4, 0.5) is 10.5 Å². The predicted octanol–water partition coefficient (Wildman–Crippen LogP) is 3.11. The van der Waals surface area contributed by atoms with Crippen LogP contribution in [0.15, 0.2) is 54.7 Å². The van der Waals surface area contributed by atoms with Crippen molar-refractivity contribution in [2.75, 3.05) is 18.4 Å². The third-order valence-electron chi connectivity index (χ3n) is 4.45. The van der Waals surface area contributed by atoms with E-state index in [0.29, 0.717) is 5.92 Å². The fourth-order valence-corrected chi connectivity index (χ4v) is 3.17. The van der Waals surface area contributed by atoms with Crippen LogP contribution in [-0.4, -0.2) is 35.0 Å². The van der Waals surface area contributed by atoms with Gasteiger partial charge >= 0.3 is 6.03 Å². The molecule has 0 aliphatic carbocycles. The summed E-state index contributed by atoms with van der Waals surface area (Å²) in [5.41, 5.74) is 1.91. The van der Waals surface area contributed by atoms with Gasteiger partial charge in [-0.25, -0.2) is 4.79 Å². The second-order valence-electron chi connectivity index (χ2n) is 6.39. The maximum atomic E-state index is 12.2. The third kappa shape index (κ3) is 4.55. The van der Waals surface area contributed by atoms with E-state index in [1.165, 1.54) is 0 Å². The Morgan fingerprint density at radius 1 is 1.21 bits per heavy atom. The van der Waals surface area contributed by atoms with E-state index in [0.717, 1.165) is 37.4 Å². The Balaban J connectivity index is 1.48. The molecule has 2 aromatic rings. The smallest absolute Gasteiger partial charge is 0.319 e. The molecule has 0 bridgehead atoms. The van der Waals surface area contributed by atoms with Gasteiger partial charge in [0.2, 0.25) is 0 Å². The maximum absolute atomic E-state index is 12.2. The van der Waals surface area contributed by atoms with E-state index in [-0.39, 0.29) is 12.1 Å². The van der Waals surface area contributed by atoms with Gasteiger partial charge in [0.15, 0.2) is 0 Å². The highest BCUT2D eigenvalue weighted by molar-refractivity contribution is 5.89. The van der Waals surface area contributed by atoms with Crippen LogP contribution in [0.1, 0.15) is 19.0 Å². The highest BCUT2D eigenvalue weighted by atomic mass is 16.2. The third-order valence-corrected chi connectivity index (χ3v) is 4.45. The molecular weight excluding hydrogens is 300 g/mol. The van der Waals surface area contributed by atoms with Crippen molar-refractivity contribution in [3.05, 3.63) is 60.4 Å². The molecule has 1 aromatic heterocycles. The summed E-state index contributed by atoms with van der Waals surface area (Å²) >= 11 is 0. The maximum Gasteiger partial charge on any atom is 0.319 e. The molecule has 2 heterocycles. The predicted molar refractivity (Wildman–Crippen MR) is 95.7 cm³/mol. The summed E-state index contributed by atoms with van der Waals surface area (Å²) in [6.07, 6.45) is 2.79. The fraction of sp³-hybridized carbons (Fsp3) is 0.368. The van der Waals surface area contributed by atoms with E-state index in [2.05, 4.69) is 33.5 Å². The molecule has 0 unspecified atom stereocenters. The number of hydrogen-bond acceptors (Lipinski definition) is 3. The minimum Gasteiger partial charge on any atom is -0.335 e. The number of nitrogens with zero attached hydrogens (tertiary/aromatic N) is 2. The molecule has 2 amide bonds. The van der Waals surface area contributed by atoms with Crippen molar-refractivity contribution in [1.82, 2.24) is 15.2 Å². The lowest BCUT2D eigenvalue weighted by Crippen LogP contribution is -2.50. The summed E-state index contributed by atoms with van der Waals surface area (Å²) in [7, 11) is 0. The summed E-state index contributed by atoms with van der Waals surface area (Å²) in [5.74, 6) is 0.406. The van der Waals surface area contributed by atoms with Crippen molar-refractivity contribution in [1.29, 1.82) is 0 Å². The van der Waals surface area contributed by atoms with Crippen molar-refractivity contribution in [2.45, 2.75) is 25.9 Å². The molecule has 5 nitrogen and oxygen atoms in total.